The highest BCUT2D eigenvalue weighted by molar-refractivity contribution is 7.16. The number of fused-ring (bicyclic) bond motifs is 1. The Morgan fingerprint density at radius 1 is 0.667 bits per heavy atom. The minimum Gasteiger partial charge on any atom is -0.183 e. The molecule has 2 aromatic heterocycles. The zero-order valence-electron chi connectivity index (χ0n) is 14.4. The van der Waals surface area contributed by atoms with Gasteiger partial charge < -0.3 is 0 Å². The number of rotatable bonds is 4. The molecule has 0 aliphatic heterocycles. The van der Waals surface area contributed by atoms with Gasteiger partial charge in [0.15, 0.2) is 5.82 Å². The minimum absolute atomic E-state index is 0.0720. The third-order valence-electron chi connectivity index (χ3n) is 4.55. The summed E-state index contributed by atoms with van der Waals surface area (Å²) < 4.78 is 1.86. The van der Waals surface area contributed by atoms with Crippen molar-refractivity contribution >= 4 is 16.3 Å². The van der Waals surface area contributed by atoms with Crippen LogP contribution < -0.4 is 0 Å². The Morgan fingerprint density at radius 3 is 1.81 bits per heavy atom. The van der Waals surface area contributed by atoms with Crippen molar-refractivity contribution in [1.29, 1.82) is 0 Å². The van der Waals surface area contributed by atoms with Gasteiger partial charge in [0.25, 0.3) is 0 Å². The highest BCUT2D eigenvalue weighted by Crippen LogP contribution is 2.35. The first kappa shape index (κ1) is 15.9. The zero-order valence-corrected chi connectivity index (χ0v) is 15.3. The van der Waals surface area contributed by atoms with Gasteiger partial charge in [-0.1, -0.05) is 102 Å². The smallest absolute Gasteiger partial charge is 0.183 e. The molecule has 27 heavy (non-hydrogen) atoms. The molecule has 0 fully saturated rings. The third kappa shape index (κ3) is 2.92. The van der Waals surface area contributed by atoms with E-state index in [0.29, 0.717) is 0 Å². The summed E-state index contributed by atoms with van der Waals surface area (Å²) in [4.78, 5) is 0.806. The van der Waals surface area contributed by atoms with Crippen LogP contribution in [0, 0.1) is 0 Å². The van der Waals surface area contributed by atoms with E-state index in [9.17, 15) is 0 Å². The van der Waals surface area contributed by atoms with E-state index in [1.165, 1.54) is 11.1 Å². The first-order valence-corrected chi connectivity index (χ1v) is 9.59. The third-order valence-corrected chi connectivity index (χ3v) is 5.51. The Kier molecular flexibility index (Phi) is 3.99. The Morgan fingerprint density at radius 2 is 1.22 bits per heavy atom. The van der Waals surface area contributed by atoms with Crippen molar-refractivity contribution < 1.29 is 0 Å². The molecule has 5 heteroatoms. The molecule has 0 atom stereocenters. The van der Waals surface area contributed by atoms with Gasteiger partial charge in [-0.15, -0.1) is 10.2 Å². The van der Waals surface area contributed by atoms with Crippen LogP contribution in [0.1, 0.15) is 22.1 Å². The Bertz CT molecular complexity index is 1120. The number of aromatic nitrogens is 4. The number of hydrogen-bond acceptors (Lipinski definition) is 4. The predicted octanol–water partition coefficient (Wildman–Crippen LogP) is 5.03. The van der Waals surface area contributed by atoms with Gasteiger partial charge in [-0.05, 0) is 11.1 Å². The van der Waals surface area contributed by atoms with Crippen molar-refractivity contribution in [2.45, 2.75) is 5.92 Å². The molecule has 0 N–H and O–H groups in total. The molecular weight excluding hydrogens is 352 g/mol. The average Bonchev–Trinajstić information content (AvgIpc) is 3.31. The maximum absolute atomic E-state index is 4.91. The Hall–Kier alpha value is -3.31. The van der Waals surface area contributed by atoms with Crippen LogP contribution in [0.25, 0.3) is 16.3 Å². The molecule has 5 aromatic rings. The van der Waals surface area contributed by atoms with Crippen LogP contribution in [0.5, 0.6) is 0 Å². The Labute approximate surface area is 160 Å². The van der Waals surface area contributed by atoms with Crippen molar-refractivity contribution in [3.8, 4) is 11.4 Å². The van der Waals surface area contributed by atoms with Crippen LogP contribution in [0.2, 0.25) is 0 Å². The lowest BCUT2D eigenvalue weighted by Crippen LogP contribution is -2.04. The van der Waals surface area contributed by atoms with Crippen LogP contribution >= 0.6 is 11.3 Å². The molecule has 130 valence electrons. The summed E-state index contributed by atoms with van der Waals surface area (Å²) in [6.07, 6.45) is 0. The van der Waals surface area contributed by atoms with Gasteiger partial charge in [-0.25, -0.2) is 0 Å². The summed E-state index contributed by atoms with van der Waals surface area (Å²) in [6.45, 7) is 0. The molecule has 0 unspecified atom stereocenters. The molecule has 3 aromatic carbocycles. The minimum atomic E-state index is 0.0720. The van der Waals surface area contributed by atoms with Crippen molar-refractivity contribution in [1.82, 2.24) is 19.8 Å². The summed E-state index contributed by atoms with van der Waals surface area (Å²) in [5, 5.41) is 14.6. The molecule has 0 amide bonds. The second kappa shape index (κ2) is 6.78. The van der Waals surface area contributed by atoms with Crippen molar-refractivity contribution in [3.63, 3.8) is 0 Å². The quantitative estimate of drug-likeness (QED) is 0.447. The summed E-state index contributed by atoms with van der Waals surface area (Å²) in [5.41, 5.74) is 3.45. The molecule has 2 heterocycles. The molecule has 0 radical (unpaired) electrons. The normalized spacial score (nSPS) is 11.3. The fraction of sp³-hybridized carbons (Fsp3) is 0.0455. The molecule has 4 nitrogen and oxygen atoms in total. The number of nitrogens with zero attached hydrogens (tertiary/aromatic N) is 4. The van der Waals surface area contributed by atoms with Gasteiger partial charge in [0.05, 0.1) is 5.92 Å². The molecule has 0 saturated heterocycles. The van der Waals surface area contributed by atoms with Gasteiger partial charge >= 0.3 is 0 Å². The van der Waals surface area contributed by atoms with Gasteiger partial charge in [-0.3, -0.25) is 0 Å². The van der Waals surface area contributed by atoms with Crippen LogP contribution in [0.4, 0.5) is 0 Å². The zero-order chi connectivity index (χ0) is 18.1. The molecule has 0 aliphatic rings. The van der Waals surface area contributed by atoms with Gasteiger partial charge in [0.1, 0.15) is 5.01 Å². The fourth-order valence-electron chi connectivity index (χ4n) is 3.28. The van der Waals surface area contributed by atoms with E-state index in [4.69, 9.17) is 5.10 Å². The summed E-state index contributed by atoms with van der Waals surface area (Å²) in [5.74, 6) is 0.843. The van der Waals surface area contributed by atoms with E-state index in [0.717, 1.165) is 21.4 Å². The molecule has 0 bridgehead atoms. The second-order valence-corrected chi connectivity index (χ2v) is 7.27. The second-order valence-electron chi connectivity index (χ2n) is 6.28. The topological polar surface area (TPSA) is 43.1 Å². The maximum Gasteiger partial charge on any atom is 0.234 e. The molecule has 0 saturated carbocycles. The van der Waals surface area contributed by atoms with Crippen molar-refractivity contribution in [2.75, 3.05) is 0 Å². The van der Waals surface area contributed by atoms with E-state index < -0.39 is 0 Å². The largest absolute Gasteiger partial charge is 0.234 e. The fourth-order valence-corrected chi connectivity index (χ4v) is 4.28. The lowest BCUT2D eigenvalue weighted by atomic mass is 9.92. The highest BCUT2D eigenvalue weighted by Gasteiger charge is 2.23. The van der Waals surface area contributed by atoms with E-state index in [2.05, 4.69) is 58.7 Å². The van der Waals surface area contributed by atoms with Gasteiger partial charge in [-0.2, -0.15) is 9.61 Å². The summed E-state index contributed by atoms with van der Waals surface area (Å²) >= 11 is 1.59. The Balaban J connectivity index is 1.67. The van der Waals surface area contributed by atoms with Gasteiger partial charge in [0.2, 0.25) is 4.96 Å². The first-order valence-electron chi connectivity index (χ1n) is 8.77. The molecular formula is C22H16N4S. The number of hydrogen-bond donors (Lipinski definition) is 0. The monoisotopic (exact) mass is 368 g/mol. The average molecular weight is 368 g/mol. The SMILES string of the molecule is c1ccc(-c2nnc3sc(C(c4ccccc4)c4ccccc4)nn23)cc1. The lowest BCUT2D eigenvalue weighted by molar-refractivity contribution is 0.863. The first-order chi connectivity index (χ1) is 13.4. The lowest BCUT2D eigenvalue weighted by Gasteiger charge is -2.15. The van der Waals surface area contributed by atoms with Crippen molar-refractivity contribution in [2.24, 2.45) is 0 Å². The summed E-state index contributed by atoms with van der Waals surface area (Å²) in [7, 11) is 0. The van der Waals surface area contributed by atoms with Crippen LogP contribution in [0.15, 0.2) is 91.0 Å². The van der Waals surface area contributed by atoms with E-state index >= 15 is 0 Å². The maximum atomic E-state index is 4.91. The molecule has 0 aliphatic carbocycles. The highest BCUT2D eigenvalue weighted by atomic mass is 32.1. The van der Waals surface area contributed by atoms with E-state index in [1.54, 1.807) is 11.3 Å². The van der Waals surface area contributed by atoms with Crippen LogP contribution in [-0.4, -0.2) is 19.8 Å². The number of benzene rings is 3. The standard InChI is InChI=1S/C22H16N4S/c1-4-10-16(11-5-1)19(17-12-6-2-7-13-17)21-25-26-20(23-24-22(26)27-21)18-14-8-3-9-15-18/h1-15,19H. The van der Waals surface area contributed by atoms with E-state index in [-0.39, 0.29) is 5.92 Å². The van der Waals surface area contributed by atoms with Gasteiger partial charge in [0, 0.05) is 5.56 Å². The van der Waals surface area contributed by atoms with E-state index in [1.807, 2.05) is 47.0 Å². The molecule has 5 rings (SSSR count). The predicted molar refractivity (Wildman–Crippen MR) is 108 cm³/mol. The summed E-state index contributed by atoms with van der Waals surface area (Å²) in [6, 6.07) is 31.0. The van der Waals surface area contributed by atoms with Crippen molar-refractivity contribution in [3.05, 3.63) is 107 Å². The van der Waals surface area contributed by atoms with Crippen LogP contribution in [-0.2, 0) is 0 Å². The van der Waals surface area contributed by atoms with Crippen LogP contribution in [0.3, 0.4) is 0 Å². The molecule has 0 spiro atoms.